The van der Waals surface area contributed by atoms with Crippen molar-refractivity contribution in [3.05, 3.63) is 66.6 Å². The first-order chi connectivity index (χ1) is 13.2. The van der Waals surface area contributed by atoms with Crippen molar-refractivity contribution in [2.45, 2.75) is 6.92 Å². The number of nitrogens with zero attached hydrogens (tertiary/aromatic N) is 3. The normalized spacial score (nSPS) is 12.1. The topological polar surface area (TPSA) is 47.5 Å². The summed E-state index contributed by atoms with van der Waals surface area (Å²) in [6.07, 6.45) is 3.69. The maximum Gasteiger partial charge on any atom is 0.244 e. The lowest BCUT2D eigenvalue weighted by atomic mass is 10.00. The number of furan rings is 1. The number of rotatable bonds is 1. The molecule has 2 aromatic carbocycles. The summed E-state index contributed by atoms with van der Waals surface area (Å²) in [7, 11) is 2.04. The van der Waals surface area contributed by atoms with Crippen LogP contribution in [0.1, 0.15) is 5.56 Å². The lowest BCUT2D eigenvalue weighted by Gasteiger charge is -2.06. The van der Waals surface area contributed by atoms with Gasteiger partial charge in [-0.15, -0.1) is 0 Å². The number of hydrogen-bond donors (Lipinski definition) is 0. The molecule has 6 aromatic rings. The molecule has 0 spiro atoms. The van der Waals surface area contributed by atoms with Crippen molar-refractivity contribution in [3.63, 3.8) is 0 Å². The van der Waals surface area contributed by atoms with E-state index in [2.05, 4.69) is 29.7 Å². The van der Waals surface area contributed by atoms with Crippen molar-refractivity contribution in [3.8, 4) is 11.3 Å². The molecule has 0 saturated heterocycles. The van der Waals surface area contributed by atoms with E-state index < -0.39 is 0 Å². The second-order valence-electron chi connectivity index (χ2n) is 6.91. The molecule has 0 atom stereocenters. The Morgan fingerprint density at radius 1 is 1.00 bits per heavy atom. The first-order valence-corrected chi connectivity index (χ1v) is 8.88. The molecule has 4 aromatic heterocycles. The number of para-hydroxylation sites is 1. The Morgan fingerprint density at radius 2 is 1.89 bits per heavy atom. The minimum atomic E-state index is 0.798. The van der Waals surface area contributed by atoms with Gasteiger partial charge in [0.25, 0.3) is 0 Å². The monoisotopic (exact) mass is 354 g/mol. The van der Waals surface area contributed by atoms with Crippen molar-refractivity contribution in [2.75, 3.05) is 0 Å². The SMILES string of the molecule is Cc1ccc2c(oc3ccccc32)c1-c1c2nc3ccon3c2cc[n+]1C. The van der Waals surface area contributed by atoms with E-state index in [1.165, 1.54) is 0 Å². The zero-order valence-corrected chi connectivity index (χ0v) is 14.9. The van der Waals surface area contributed by atoms with Crippen LogP contribution in [0.5, 0.6) is 0 Å². The fourth-order valence-corrected chi connectivity index (χ4v) is 4.03. The Labute approximate surface area is 154 Å². The summed E-state index contributed by atoms with van der Waals surface area (Å²) in [4.78, 5) is 4.82. The summed E-state index contributed by atoms with van der Waals surface area (Å²) < 4.78 is 15.8. The van der Waals surface area contributed by atoms with Crippen LogP contribution in [0.2, 0.25) is 0 Å². The van der Waals surface area contributed by atoms with Gasteiger partial charge in [0.2, 0.25) is 5.69 Å². The average molecular weight is 354 g/mol. The van der Waals surface area contributed by atoms with Gasteiger partial charge >= 0.3 is 0 Å². The van der Waals surface area contributed by atoms with Crippen LogP contribution in [0.15, 0.2) is 69.9 Å². The predicted molar refractivity (Wildman–Crippen MR) is 104 cm³/mol. The van der Waals surface area contributed by atoms with E-state index in [-0.39, 0.29) is 0 Å². The summed E-state index contributed by atoms with van der Waals surface area (Å²) >= 11 is 0. The molecule has 0 saturated carbocycles. The van der Waals surface area contributed by atoms with Gasteiger partial charge in [0.1, 0.15) is 30.0 Å². The molecule has 4 heterocycles. The first kappa shape index (κ1) is 14.6. The molecule has 0 aliphatic carbocycles. The van der Waals surface area contributed by atoms with Gasteiger partial charge in [0.15, 0.2) is 17.4 Å². The third kappa shape index (κ3) is 1.83. The Balaban J connectivity index is 1.82. The number of benzene rings is 2. The second kappa shape index (κ2) is 4.98. The number of hydrogen-bond acceptors (Lipinski definition) is 3. The van der Waals surface area contributed by atoms with E-state index in [9.17, 15) is 0 Å². The predicted octanol–water partition coefficient (Wildman–Crippen LogP) is 4.78. The molecule has 5 nitrogen and oxygen atoms in total. The standard InChI is InChI=1S/C22H16N3O2/c1-13-7-8-15-14-5-3-4-6-17(14)27-22(15)19(13)21-20-16(9-11-24(21)2)25-18(23-20)10-12-26-25/h3-12H,1-2H3/q+1. The molecule has 6 rings (SSSR count). The number of fused-ring (bicyclic) bond motifs is 6. The Morgan fingerprint density at radius 3 is 2.81 bits per heavy atom. The van der Waals surface area contributed by atoms with E-state index in [1.54, 1.807) is 10.8 Å². The first-order valence-electron chi connectivity index (χ1n) is 8.88. The number of aromatic nitrogens is 3. The van der Waals surface area contributed by atoms with E-state index in [0.29, 0.717) is 0 Å². The highest BCUT2D eigenvalue weighted by molar-refractivity contribution is 6.11. The molecule has 0 unspecified atom stereocenters. The zero-order valence-electron chi connectivity index (χ0n) is 14.9. The molecule has 5 heteroatoms. The Hall–Kier alpha value is -3.60. The highest BCUT2D eigenvalue weighted by Crippen LogP contribution is 2.38. The molecule has 0 N–H and O–H groups in total. The van der Waals surface area contributed by atoms with Gasteiger partial charge in [-0.3, -0.25) is 0 Å². The van der Waals surface area contributed by atoms with Crippen molar-refractivity contribution in [2.24, 2.45) is 7.05 Å². The van der Waals surface area contributed by atoms with E-state index in [1.807, 2.05) is 43.6 Å². The highest BCUT2D eigenvalue weighted by atomic mass is 16.5. The van der Waals surface area contributed by atoms with Crippen molar-refractivity contribution in [1.29, 1.82) is 0 Å². The van der Waals surface area contributed by atoms with Crippen LogP contribution >= 0.6 is 0 Å². The van der Waals surface area contributed by atoms with Gasteiger partial charge in [-0.2, -0.15) is 9.14 Å². The van der Waals surface area contributed by atoms with Gasteiger partial charge in [0, 0.05) is 22.9 Å². The van der Waals surface area contributed by atoms with Gasteiger partial charge in [-0.1, -0.05) is 30.3 Å². The smallest absolute Gasteiger partial charge is 0.244 e. The quantitative estimate of drug-likeness (QED) is 0.399. The molecule has 27 heavy (non-hydrogen) atoms. The Kier molecular flexibility index (Phi) is 2.68. The average Bonchev–Trinajstić information content (AvgIpc) is 3.35. The number of pyridine rings is 1. The maximum absolute atomic E-state index is 6.31. The van der Waals surface area contributed by atoms with Crippen LogP contribution in [-0.2, 0) is 7.05 Å². The summed E-state index contributed by atoms with van der Waals surface area (Å²) in [6, 6.07) is 16.3. The number of aryl methyl sites for hydroxylation is 2. The fourth-order valence-electron chi connectivity index (χ4n) is 4.03. The van der Waals surface area contributed by atoms with Gasteiger partial charge in [-0.25, -0.2) is 4.98 Å². The van der Waals surface area contributed by atoms with Crippen LogP contribution in [-0.4, -0.2) is 9.56 Å². The molecular formula is C22H16N3O2+. The molecule has 130 valence electrons. The molecule has 0 radical (unpaired) electrons. The van der Waals surface area contributed by atoms with Crippen molar-refractivity contribution < 1.29 is 13.5 Å². The van der Waals surface area contributed by atoms with Gasteiger partial charge in [-0.05, 0) is 18.6 Å². The minimum Gasteiger partial charge on any atom is -0.455 e. The summed E-state index contributed by atoms with van der Waals surface area (Å²) in [6.45, 7) is 2.11. The molecule has 0 bridgehead atoms. The molecule has 0 amide bonds. The third-order valence-electron chi connectivity index (χ3n) is 5.30. The maximum atomic E-state index is 6.31. The van der Waals surface area contributed by atoms with Crippen LogP contribution in [0.3, 0.4) is 0 Å². The van der Waals surface area contributed by atoms with Crippen LogP contribution in [0, 0.1) is 6.92 Å². The largest absolute Gasteiger partial charge is 0.455 e. The molecular weight excluding hydrogens is 338 g/mol. The van der Waals surface area contributed by atoms with Gasteiger partial charge < -0.3 is 8.94 Å². The van der Waals surface area contributed by atoms with E-state index >= 15 is 0 Å². The summed E-state index contributed by atoms with van der Waals surface area (Å²) in [5.74, 6) is 0. The zero-order chi connectivity index (χ0) is 18.1. The van der Waals surface area contributed by atoms with Crippen molar-refractivity contribution >= 4 is 38.6 Å². The van der Waals surface area contributed by atoms with Crippen LogP contribution in [0.25, 0.3) is 49.9 Å². The molecule has 0 fully saturated rings. The summed E-state index contributed by atoms with van der Waals surface area (Å²) in [5, 5.41) is 2.24. The van der Waals surface area contributed by atoms with E-state index in [4.69, 9.17) is 13.9 Å². The van der Waals surface area contributed by atoms with Crippen molar-refractivity contribution in [1.82, 2.24) is 9.56 Å². The number of imidazole rings is 1. The van der Waals surface area contributed by atoms with Gasteiger partial charge in [0.05, 0.1) is 5.56 Å². The fraction of sp³-hybridized carbons (Fsp3) is 0.0909. The lowest BCUT2D eigenvalue weighted by molar-refractivity contribution is -0.659. The molecule has 0 aliphatic rings. The third-order valence-corrected chi connectivity index (χ3v) is 5.30. The Bertz CT molecular complexity index is 1500. The van der Waals surface area contributed by atoms with E-state index in [0.717, 1.165) is 55.4 Å². The second-order valence-corrected chi connectivity index (χ2v) is 6.91. The summed E-state index contributed by atoms with van der Waals surface area (Å²) in [5.41, 5.74) is 7.66. The van der Waals surface area contributed by atoms with Crippen LogP contribution < -0.4 is 4.57 Å². The highest BCUT2D eigenvalue weighted by Gasteiger charge is 2.26. The van der Waals surface area contributed by atoms with Crippen LogP contribution in [0.4, 0.5) is 0 Å². The minimum absolute atomic E-state index is 0.798. The molecule has 0 aliphatic heterocycles. The lowest BCUT2D eigenvalue weighted by Crippen LogP contribution is -2.30.